The summed E-state index contributed by atoms with van der Waals surface area (Å²) >= 11 is 0. The maximum absolute atomic E-state index is 11.7. The number of carbonyl (C=O) groups excluding carboxylic acids is 1. The zero-order valence-electron chi connectivity index (χ0n) is 14.5. The SMILES string of the molecule is Cc1ccc(-n2cncc2CCNC(=O)OC(C)(C)C)cc1C. The molecule has 0 radical (unpaired) electrons. The first-order valence-corrected chi connectivity index (χ1v) is 7.82. The number of imidazole rings is 1. The molecule has 1 aromatic heterocycles. The van der Waals surface area contributed by atoms with Crippen LogP contribution in [0.3, 0.4) is 0 Å². The van der Waals surface area contributed by atoms with Crippen LogP contribution in [0.5, 0.6) is 0 Å². The number of aryl methyl sites for hydroxylation is 2. The molecule has 1 aromatic carbocycles. The Hall–Kier alpha value is -2.30. The minimum Gasteiger partial charge on any atom is -0.444 e. The highest BCUT2D eigenvalue weighted by Gasteiger charge is 2.15. The van der Waals surface area contributed by atoms with Crippen molar-refractivity contribution in [1.29, 1.82) is 0 Å². The van der Waals surface area contributed by atoms with Gasteiger partial charge in [-0.2, -0.15) is 0 Å². The van der Waals surface area contributed by atoms with Gasteiger partial charge >= 0.3 is 6.09 Å². The molecular weight excluding hydrogens is 290 g/mol. The maximum atomic E-state index is 11.7. The zero-order chi connectivity index (χ0) is 17.0. The highest BCUT2D eigenvalue weighted by Crippen LogP contribution is 2.16. The molecule has 0 fully saturated rings. The van der Waals surface area contributed by atoms with Crippen molar-refractivity contribution in [1.82, 2.24) is 14.9 Å². The molecule has 2 aromatic rings. The number of hydrogen-bond acceptors (Lipinski definition) is 3. The van der Waals surface area contributed by atoms with Crippen LogP contribution in [0.2, 0.25) is 0 Å². The van der Waals surface area contributed by atoms with Gasteiger partial charge in [0.1, 0.15) is 5.60 Å². The maximum Gasteiger partial charge on any atom is 0.407 e. The summed E-state index contributed by atoms with van der Waals surface area (Å²) in [6, 6.07) is 6.32. The molecule has 124 valence electrons. The van der Waals surface area contributed by atoms with E-state index in [0.717, 1.165) is 11.4 Å². The molecule has 1 N–H and O–H groups in total. The van der Waals surface area contributed by atoms with E-state index in [2.05, 4.69) is 42.3 Å². The van der Waals surface area contributed by atoms with Crippen LogP contribution in [0, 0.1) is 13.8 Å². The standard InChI is InChI=1S/C18H25N3O2/c1-13-6-7-15(10-14(13)2)21-12-19-11-16(21)8-9-20-17(22)23-18(3,4)5/h6-7,10-12H,8-9H2,1-5H3,(H,20,22). The number of hydrogen-bond donors (Lipinski definition) is 1. The van der Waals surface area contributed by atoms with E-state index in [0.29, 0.717) is 13.0 Å². The van der Waals surface area contributed by atoms with Gasteiger partial charge in [0.05, 0.1) is 6.33 Å². The smallest absolute Gasteiger partial charge is 0.407 e. The van der Waals surface area contributed by atoms with Crippen molar-refractivity contribution in [2.45, 2.75) is 46.6 Å². The number of ether oxygens (including phenoxy) is 1. The van der Waals surface area contributed by atoms with E-state index in [9.17, 15) is 4.79 Å². The lowest BCUT2D eigenvalue weighted by Crippen LogP contribution is -2.33. The number of rotatable bonds is 4. The molecule has 5 nitrogen and oxygen atoms in total. The van der Waals surface area contributed by atoms with E-state index in [4.69, 9.17) is 4.74 Å². The molecule has 0 atom stereocenters. The van der Waals surface area contributed by atoms with E-state index in [1.165, 1.54) is 11.1 Å². The first-order valence-electron chi connectivity index (χ1n) is 7.82. The Balaban J connectivity index is 1.99. The van der Waals surface area contributed by atoms with Crippen molar-refractivity contribution in [2.75, 3.05) is 6.54 Å². The molecule has 0 aliphatic heterocycles. The van der Waals surface area contributed by atoms with Gasteiger partial charge in [0.2, 0.25) is 0 Å². The Labute approximate surface area is 137 Å². The average Bonchev–Trinajstić information content (AvgIpc) is 2.88. The van der Waals surface area contributed by atoms with Crippen LogP contribution in [-0.4, -0.2) is 27.8 Å². The average molecular weight is 315 g/mol. The fourth-order valence-electron chi connectivity index (χ4n) is 2.22. The fraction of sp³-hybridized carbons (Fsp3) is 0.444. The van der Waals surface area contributed by atoms with Gasteiger partial charge in [-0.15, -0.1) is 0 Å². The van der Waals surface area contributed by atoms with Gasteiger partial charge in [0.25, 0.3) is 0 Å². The summed E-state index contributed by atoms with van der Waals surface area (Å²) in [4.78, 5) is 15.9. The molecule has 0 saturated carbocycles. The number of alkyl carbamates (subject to hydrolysis) is 1. The molecule has 5 heteroatoms. The van der Waals surface area contributed by atoms with Gasteiger partial charge in [-0.3, -0.25) is 0 Å². The van der Waals surface area contributed by atoms with Gasteiger partial charge in [0, 0.05) is 30.5 Å². The van der Waals surface area contributed by atoms with Crippen molar-refractivity contribution in [3.63, 3.8) is 0 Å². The molecule has 0 aliphatic carbocycles. The molecule has 2 rings (SSSR count). The van der Waals surface area contributed by atoms with Crippen LogP contribution in [0.25, 0.3) is 5.69 Å². The Morgan fingerprint density at radius 2 is 2.00 bits per heavy atom. The molecule has 0 bridgehead atoms. The molecular formula is C18H25N3O2. The number of benzene rings is 1. The highest BCUT2D eigenvalue weighted by atomic mass is 16.6. The van der Waals surface area contributed by atoms with Crippen molar-refractivity contribution in [3.05, 3.63) is 47.5 Å². The van der Waals surface area contributed by atoms with Gasteiger partial charge in [-0.1, -0.05) is 6.07 Å². The van der Waals surface area contributed by atoms with Gasteiger partial charge < -0.3 is 14.6 Å². The summed E-state index contributed by atoms with van der Waals surface area (Å²) in [6.07, 6.45) is 3.92. The third kappa shape index (κ3) is 4.84. The van der Waals surface area contributed by atoms with Gasteiger partial charge in [0.15, 0.2) is 0 Å². The molecule has 23 heavy (non-hydrogen) atoms. The largest absolute Gasteiger partial charge is 0.444 e. The van der Waals surface area contributed by atoms with E-state index < -0.39 is 11.7 Å². The number of nitrogens with one attached hydrogen (secondary N) is 1. The fourth-order valence-corrected chi connectivity index (χ4v) is 2.22. The van der Waals surface area contributed by atoms with Crippen LogP contribution in [0.1, 0.15) is 37.6 Å². The lowest BCUT2D eigenvalue weighted by atomic mass is 10.1. The Morgan fingerprint density at radius 3 is 2.65 bits per heavy atom. The predicted molar refractivity (Wildman–Crippen MR) is 91.0 cm³/mol. The van der Waals surface area contributed by atoms with Crippen molar-refractivity contribution < 1.29 is 9.53 Å². The highest BCUT2D eigenvalue weighted by molar-refractivity contribution is 5.67. The van der Waals surface area contributed by atoms with Crippen LogP contribution in [0.15, 0.2) is 30.7 Å². The summed E-state index contributed by atoms with van der Waals surface area (Å²) in [6.45, 7) is 10.2. The number of aromatic nitrogens is 2. The van der Waals surface area contributed by atoms with Crippen LogP contribution >= 0.6 is 0 Å². The Morgan fingerprint density at radius 1 is 1.26 bits per heavy atom. The Kier molecular flexibility index (Phi) is 5.08. The minimum atomic E-state index is -0.481. The van der Waals surface area contributed by atoms with E-state index in [-0.39, 0.29) is 0 Å². The summed E-state index contributed by atoms with van der Waals surface area (Å²) in [7, 11) is 0. The second kappa shape index (κ2) is 6.86. The van der Waals surface area contributed by atoms with Crippen LogP contribution < -0.4 is 5.32 Å². The summed E-state index contributed by atoms with van der Waals surface area (Å²) in [5, 5.41) is 2.77. The number of nitrogens with zero attached hydrogens (tertiary/aromatic N) is 2. The topological polar surface area (TPSA) is 56.2 Å². The quantitative estimate of drug-likeness (QED) is 0.938. The van der Waals surface area contributed by atoms with E-state index >= 15 is 0 Å². The van der Waals surface area contributed by atoms with Crippen molar-refractivity contribution >= 4 is 6.09 Å². The third-order valence-electron chi connectivity index (χ3n) is 3.53. The first kappa shape index (κ1) is 17.1. The summed E-state index contributed by atoms with van der Waals surface area (Å²) in [5.74, 6) is 0. The lowest BCUT2D eigenvalue weighted by Gasteiger charge is -2.19. The van der Waals surface area contributed by atoms with Crippen LogP contribution in [0.4, 0.5) is 4.79 Å². The molecule has 1 heterocycles. The molecule has 0 unspecified atom stereocenters. The van der Waals surface area contributed by atoms with Crippen molar-refractivity contribution in [2.24, 2.45) is 0 Å². The van der Waals surface area contributed by atoms with E-state index in [1.54, 1.807) is 6.33 Å². The predicted octanol–water partition coefficient (Wildman–Crippen LogP) is 3.56. The third-order valence-corrected chi connectivity index (χ3v) is 3.53. The zero-order valence-corrected chi connectivity index (χ0v) is 14.5. The summed E-state index contributed by atoms with van der Waals surface area (Å²) in [5.41, 5.74) is 4.16. The second-order valence-electron chi connectivity index (χ2n) is 6.70. The molecule has 0 saturated heterocycles. The second-order valence-corrected chi connectivity index (χ2v) is 6.70. The van der Waals surface area contributed by atoms with Crippen molar-refractivity contribution in [3.8, 4) is 5.69 Å². The lowest BCUT2D eigenvalue weighted by molar-refractivity contribution is 0.0528. The number of carbonyl (C=O) groups is 1. The Bertz CT molecular complexity index is 684. The summed E-state index contributed by atoms with van der Waals surface area (Å²) < 4.78 is 7.27. The van der Waals surface area contributed by atoms with Crippen LogP contribution in [-0.2, 0) is 11.2 Å². The monoisotopic (exact) mass is 315 g/mol. The minimum absolute atomic E-state index is 0.394. The first-order chi connectivity index (χ1) is 10.8. The van der Waals surface area contributed by atoms with E-state index in [1.807, 2.05) is 31.5 Å². The molecule has 0 spiro atoms. The van der Waals surface area contributed by atoms with Gasteiger partial charge in [-0.05, 0) is 57.9 Å². The number of amides is 1. The molecule has 0 aliphatic rings. The molecule has 1 amide bonds. The normalized spacial score (nSPS) is 11.3. The van der Waals surface area contributed by atoms with Gasteiger partial charge in [-0.25, -0.2) is 9.78 Å².